The molecule has 0 saturated heterocycles. The number of aromatic nitrogens is 4. The predicted molar refractivity (Wildman–Crippen MR) is 91.6 cm³/mol. The van der Waals surface area contributed by atoms with Crippen molar-refractivity contribution in [1.29, 1.82) is 0 Å². The van der Waals surface area contributed by atoms with Crippen LogP contribution in [0, 0.1) is 34.3 Å². The van der Waals surface area contributed by atoms with Gasteiger partial charge in [-0.1, -0.05) is 10.1 Å². The van der Waals surface area contributed by atoms with E-state index in [9.17, 15) is 14.9 Å². The summed E-state index contributed by atoms with van der Waals surface area (Å²) in [5.41, 5.74) is -0.875. The van der Waals surface area contributed by atoms with Crippen LogP contribution < -0.4 is 5.32 Å². The topological polar surface area (TPSA) is 129 Å². The molecular formula is C17H20N6O4. The van der Waals surface area contributed by atoms with Crippen molar-refractivity contribution >= 4 is 17.7 Å². The van der Waals surface area contributed by atoms with Gasteiger partial charge in [0.05, 0.1) is 11.0 Å². The van der Waals surface area contributed by atoms with Crippen molar-refractivity contribution in [3.63, 3.8) is 0 Å². The molecular weight excluding hydrogens is 352 g/mol. The maximum atomic E-state index is 13.2. The summed E-state index contributed by atoms with van der Waals surface area (Å²) in [5.74, 6) is 1.48. The molecule has 2 heterocycles. The third-order valence-electron chi connectivity index (χ3n) is 6.51. The standard InChI is InChI=1S/C17H20N6O4/c1-10-2-13(21-27-10)19-14(24)16-4-11-3-12(5-16)7-17(6-11,8-16)22-9-18-15(20-22)23(25)26/h2,9,11-12H,3-8H2,1H3,(H,19,21,24)/t11-,12-,16?,17?/m0/s1. The van der Waals surface area contributed by atoms with E-state index in [4.69, 9.17) is 4.52 Å². The molecule has 2 atom stereocenters. The lowest BCUT2D eigenvalue weighted by Crippen LogP contribution is -2.60. The van der Waals surface area contributed by atoms with Gasteiger partial charge in [-0.3, -0.25) is 4.79 Å². The Kier molecular flexibility index (Phi) is 3.26. The van der Waals surface area contributed by atoms with Crippen LogP contribution in [0.2, 0.25) is 0 Å². The molecule has 1 amide bonds. The highest BCUT2D eigenvalue weighted by Crippen LogP contribution is 2.64. The van der Waals surface area contributed by atoms with Crippen LogP contribution in [0.25, 0.3) is 0 Å². The zero-order valence-electron chi connectivity index (χ0n) is 14.9. The van der Waals surface area contributed by atoms with Crippen molar-refractivity contribution < 1.29 is 14.2 Å². The van der Waals surface area contributed by atoms with Gasteiger partial charge in [0.15, 0.2) is 5.82 Å². The first-order valence-corrected chi connectivity index (χ1v) is 9.19. The molecule has 6 rings (SSSR count). The molecule has 4 aliphatic carbocycles. The van der Waals surface area contributed by atoms with E-state index in [1.807, 2.05) is 0 Å². The predicted octanol–water partition coefficient (Wildman–Crippen LogP) is 2.42. The van der Waals surface area contributed by atoms with Crippen molar-refractivity contribution in [2.45, 2.75) is 51.0 Å². The van der Waals surface area contributed by atoms with Gasteiger partial charge in [0.25, 0.3) is 0 Å². The zero-order valence-corrected chi connectivity index (χ0v) is 14.9. The van der Waals surface area contributed by atoms with E-state index in [1.54, 1.807) is 17.7 Å². The van der Waals surface area contributed by atoms with Gasteiger partial charge in [-0.15, -0.1) is 0 Å². The highest BCUT2D eigenvalue weighted by atomic mass is 16.6. The molecule has 2 aromatic rings. The summed E-state index contributed by atoms with van der Waals surface area (Å²) in [6.45, 7) is 1.78. The first-order chi connectivity index (χ1) is 12.9. The number of aryl methyl sites for hydroxylation is 1. The van der Waals surface area contributed by atoms with Crippen LogP contribution in [0.3, 0.4) is 0 Å². The first kappa shape index (κ1) is 16.4. The van der Waals surface area contributed by atoms with Crippen LogP contribution in [0.4, 0.5) is 11.8 Å². The lowest BCUT2D eigenvalue weighted by Gasteiger charge is -2.60. The van der Waals surface area contributed by atoms with Crippen molar-refractivity contribution in [2.24, 2.45) is 17.3 Å². The molecule has 0 aliphatic heterocycles. The molecule has 0 unspecified atom stereocenters. The van der Waals surface area contributed by atoms with Gasteiger partial charge < -0.3 is 20.0 Å². The number of nitrogens with zero attached hydrogens (tertiary/aromatic N) is 5. The molecule has 0 spiro atoms. The Bertz CT molecular complexity index is 920. The number of hydrogen-bond donors (Lipinski definition) is 1. The molecule has 10 nitrogen and oxygen atoms in total. The van der Waals surface area contributed by atoms with E-state index in [1.165, 1.54) is 6.33 Å². The molecule has 4 fully saturated rings. The largest absolute Gasteiger partial charge is 0.490 e. The molecule has 4 bridgehead atoms. The van der Waals surface area contributed by atoms with Gasteiger partial charge >= 0.3 is 5.95 Å². The minimum absolute atomic E-state index is 0.0381. The van der Waals surface area contributed by atoms with E-state index in [0.29, 0.717) is 29.8 Å². The number of carbonyl (C=O) groups excluding carboxylic acids is 1. The van der Waals surface area contributed by atoms with E-state index in [-0.39, 0.29) is 17.4 Å². The van der Waals surface area contributed by atoms with Gasteiger partial charge in [0.2, 0.25) is 12.2 Å². The average Bonchev–Trinajstić information content (AvgIpc) is 3.23. The third kappa shape index (κ3) is 2.46. The molecule has 142 valence electrons. The summed E-state index contributed by atoms with van der Waals surface area (Å²) in [6, 6.07) is 1.70. The Morgan fingerprint density at radius 3 is 2.70 bits per heavy atom. The number of nitrogens with one attached hydrogen (secondary N) is 1. The number of rotatable bonds is 4. The molecule has 4 aliphatic rings. The fraction of sp³-hybridized carbons (Fsp3) is 0.647. The van der Waals surface area contributed by atoms with Crippen molar-refractivity contribution in [3.05, 3.63) is 28.3 Å². The number of anilines is 1. The second kappa shape index (κ2) is 5.37. The summed E-state index contributed by atoms with van der Waals surface area (Å²) < 4.78 is 6.71. The third-order valence-corrected chi connectivity index (χ3v) is 6.51. The van der Waals surface area contributed by atoms with Gasteiger partial charge in [0.1, 0.15) is 5.76 Å². The Hall–Kier alpha value is -2.78. The van der Waals surface area contributed by atoms with Gasteiger partial charge in [-0.2, -0.15) is 4.68 Å². The number of hydrogen-bond acceptors (Lipinski definition) is 7. The van der Waals surface area contributed by atoms with Crippen molar-refractivity contribution in [3.8, 4) is 0 Å². The minimum atomic E-state index is -0.577. The van der Waals surface area contributed by atoms with E-state index >= 15 is 0 Å². The van der Waals surface area contributed by atoms with E-state index < -0.39 is 10.3 Å². The van der Waals surface area contributed by atoms with Crippen molar-refractivity contribution in [1.82, 2.24) is 19.9 Å². The maximum absolute atomic E-state index is 13.2. The average molecular weight is 372 g/mol. The van der Waals surface area contributed by atoms with Crippen molar-refractivity contribution in [2.75, 3.05) is 5.32 Å². The highest BCUT2D eigenvalue weighted by molar-refractivity contribution is 5.95. The summed E-state index contributed by atoms with van der Waals surface area (Å²) in [6.07, 6.45) is 6.64. The molecule has 27 heavy (non-hydrogen) atoms. The monoisotopic (exact) mass is 372 g/mol. The van der Waals surface area contributed by atoms with Gasteiger partial charge in [0, 0.05) is 11.2 Å². The number of amides is 1. The van der Waals surface area contributed by atoms with E-state index in [2.05, 4.69) is 20.6 Å². The second-order valence-corrected chi connectivity index (χ2v) is 8.49. The summed E-state index contributed by atoms with van der Waals surface area (Å²) in [5, 5.41) is 21.9. The Balaban J connectivity index is 1.47. The number of nitro groups is 1. The summed E-state index contributed by atoms with van der Waals surface area (Å²) >= 11 is 0. The first-order valence-electron chi connectivity index (χ1n) is 9.19. The lowest BCUT2D eigenvalue weighted by molar-refractivity contribution is -0.394. The highest BCUT2D eigenvalue weighted by Gasteiger charge is 2.62. The second-order valence-electron chi connectivity index (χ2n) is 8.49. The summed E-state index contributed by atoms with van der Waals surface area (Å²) in [7, 11) is 0. The minimum Gasteiger partial charge on any atom is -0.390 e. The normalized spacial score (nSPS) is 34.0. The van der Waals surface area contributed by atoms with Crippen LogP contribution >= 0.6 is 0 Å². The zero-order chi connectivity index (χ0) is 18.8. The fourth-order valence-electron chi connectivity index (χ4n) is 5.99. The molecule has 2 aromatic heterocycles. The van der Waals surface area contributed by atoms with Crippen LogP contribution in [-0.2, 0) is 10.3 Å². The number of carbonyl (C=O) groups is 1. The molecule has 1 N–H and O–H groups in total. The molecule has 0 aromatic carbocycles. The SMILES string of the molecule is Cc1cc(NC(=O)C23C[C@@H]4C[C@@H](C2)CC(n2cnc([N+](=O)[O-])n2)(C4)C3)no1. The Labute approximate surface area is 154 Å². The Morgan fingerprint density at radius 1 is 1.37 bits per heavy atom. The van der Waals surface area contributed by atoms with Crippen LogP contribution in [0.15, 0.2) is 16.9 Å². The van der Waals surface area contributed by atoms with Crippen LogP contribution in [-0.4, -0.2) is 30.8 Å². The molecule has 10 heteroatoms. The molecule has 4 saturated carbocycles. The van der Waals surface area contributed by atoms with Gasteiger partial charge in [-0.25, -0.2) is 0 Å². The van der Waals surface area contributed by atoms with E-state index in [0.717, 1.165) is 32.1 Å². The summed E-state index contributed by atoms with van der Waals surface area (Å²) in [4.78, 5) is 27.5. The quantitative estimate of drug-likeness (QED) is 0.644. The Morgan fingerprint density at radius 2 is 2.11 bits per heavy atom. The fourth-order valence-corrected chi connectivity index (χ4v) is 5.99. The maximum Gasteiger partial charge on any atom is 0.490 e. The smallest absolute Gasteiger partial charge is 0.390 e. The van der Waals surface area contributed by atoms with Crippen LogP contribution in [0.5, 0.6) is 0 Å². The van der Waals surface area contributed by atoms with Crippen LogP contribution in [0.1, 0.15) is 44.3 Å². The molecule has 0 radical (unpaired) electrons. The van der Waals surface area contributed by atoms with Gasteiger partial charge in [-0.05, 0) is 62.2 Å². The lowest BCUT2D eigenvalue weighted by atomic mass is 9.46.